The summed E-state index contributed by atoms with van der Waals surface area (Å²) in [6.07, 6.45) is 0.710. The third kappa shape index (κ3) is 10.1. The Morgan fingerprint density at radius 3 is 1.97 bits per heavy atom. The number of carbonyl (C=O) groups is 4. The Labute approximate surface area is 209 Å². The molecular weight excluding hydrogens is 476 g/mol. The number of carboxylic acid groups (broad SMARTS) is 1. The Bertz CT molecular complexity index is 864. The second-order valence-corrected chi connectivity index (χ2v) is 9.59. The van der Waals surface area contributed by atoms with E-state index in [0.717, 1.165) is 0 Å². The lowest BCUT2D eigenvalue weighted by atomic mass is 10.0. The molecule has 0 radical (unpaired) electrons. The van der Waals surface area contributed by atoms with Crippen LogP contribution < -0.4 is 21.7 Å². The van der Waals surface area contributed by atoms with Crippen LogP contribution in [0.15, 0.2) is 24.3 Å². The van der Waals surface area contributed by atoms with Crippen molar-refractivity contribution < 1.29 is 34.5 Å². The Hall–Kier alpha value is -2.83. The van der Waals surface area contributed by atoms with Crippen LogP contribution in [0.4, 0.5) is 0 Å². The van der Waals surface area contributed by atoms with E-state index in [0.29, 0.717) is 11.3 Å². The number of phenolic OH excluding ortho intramolecular Hbond substituents is 1. The highest BCUT2D eigenvalue weighted by molar-refractivity contribution is 7.98. The van der Waals surface area contributed by atoms with Gasteiger partial charge in [0.25, 0.3) is 0 Å². The average molecular weight is 513 g/mol. The zero-order chi connectivity index (χ0) is 26.7. The van der Waals surface area contributed by atoms with E-state index < -0.39 is 54.0 Å². The number of nitrogens with one attached hydrogen (secondary N) is 3. The standard InChI is InChI=1S/C23H36N4O7S/c1-12(2)18(24)22(32)26-17(11-14-5-7-15(29)8-6-14)21(31)25-16(9-10-35-4)20(30)27-19(13(3)28)23(33)34/h5-8,12-13,16-19,28-29H,9-11,24H2,1-4H3,(H,25,31)(H,26,32)(H,27,30)(H,33,34). The van der Waals surface area contributed by atoms with E-state index in [1.54, 1.807) is 26.0 Å². The first-order valence-electron chi connectivity index (χ1n) is 11.2. The summed E-state index contributed by atoms with van der Waals surface area (Å²) in [6, 6.07) is 1.49. The summed E-state index contributed by atoms with van der Waals surface area (Å²) >= 11 is 1.43. The first-order valence-corrected chi connectivity index (χ1v) is 12.6. The van der Waals surface area contributed by atoms with E-state index >= 15 is 0 Å². The van der Waals surface area contributed by atoms with Crippen LogP contribution in [0.2, 0.25) is 0 Å². The molecule has 0 spiro atoms. The first kappa shape index (κ1) is 30.2. The van der Waals surface area contributed by atoms with Crippen LogP contribution in [-0.2, 0) is 25.6 Å². The van der Waals surface area contributed by atoms with E-state index in [-0.39, 0.29) is 24.5 Å². The number of aliphatic hydroxyl groups excluding tert-OH is 1. The van der Waals surface area contributed by atoms with Crippen molar-refractivity contribution in [1.29, 1.82) is 0 Å². The summed E-state index contributed by atoms with van der Waals surface area (Å²) in [5.74, 6) is -3.03. The predicted molar refractivity (Wildman–Crippen MR) is 133 cm³/mol. The van der Waals surface area contributed by atoms with Crippen LogP contribution in [0.25, 0.3) is 0 Å². The van der Waals surface area contributed by atoms with Crippen LogP contribution in [0, 0.1) is 5.92 Å². The molecule has 0 fully saturated rings. The number of aromatic hydroxyl groups is 1. The monoisotopic (exact) mass is 512 g/mol. The van der Waals surface area contributed by atoms with E-state index in [1.807, 2.05) is 6.26 Å². The Morgan fingerprint density at radius 1 is 0.943 bits per heavy atom. The van der Waals surface area contributed by atoms with Crippen LogP contribution in [0.3, 0.4) is 0 Å². The molecular formula is C23H36N4O7S. The third-order valence-electron chi connectivity index (χ3n) is 5.32. The quantitative estimate of drug-likeness (QED) is 0.174. The number of nitrogens with two attached hydrogens (primary N) is 1. The van der Waals surface area contributed by atoms with E-state index in [2.05, 4.69) is 16.0 Å². The van der Waals surface area contributed by atoms with Gasteiger partial charge in [0.2, 0.25) is 17.7 Å². The first-order chi connectivity index (χ1) is 16.4. The summed E-state index contributed by atoms with van der Waals surface area (Å²) in [5.41, 5.74) is 6.57. The van der Waals surface area contributed by atoms with Gasteiger partial charge in [0.05, 0.1) is 12.1 Å². The molecule has 35 heavy (non-hydrogen) atoms. The van der Waals surface area contributed by atoms with Crippen LogP contribution in [0.5, 0.6) is 5.75 Å². The van der Waals surface area contributed by atoms with Crippen molar-refractivity contribution in [2.24, 2.45) is 11.7 Å². The van der Waals surface area contributed by atoms with Crippen molar-refractivity contribution >= 4 is 35.5 Å². The molecule has 0 saturated heterocycles. The van der Waals surface area contributed by atoms with Gasteiger partial charge in [0.15, 0.2) is 6.04 Å². The van der Waals surface area contributed by atoms with Gasteiger partial charge in [-0.25, -0.2) is 4.79 Å². The largest absolute Gasteiger partial charge is 0.508 e. The average Bonchev–Trinajstić information content (AvgIpc) is 2.79. The lowest BCUT2D eigenvalue weighted by Gasteiger charge is -2.26. The summed E-state index contributed by atoms with van der Waals surface area (Å²) in [4.78, 5) is 50.0. The van der Waals surface area contributed by atoms with Gasteiger partial charge < -0.3 is 37.0 Å². The van der Waals surface area contributed by atoms with Crippen molar-refractivity contribution in [3.8, 4) is 5.75 Å². The minimum Gasteiger partial charge on any atom is -0.508 e. The summed E-state index contributed by atoms with van der Waals surface area (Å²) in [6.45, 7) is 4.77. The zero-order valence-electron chi connectivity index (χ0n) is 20.4. The molecule has 0 heterocycles. The topological polar surface area (TPSA) is 191 Å². The highest BCUT2D eigenvalue weighted by Gasteiger charge is 2.32. The number of carbonyl (C=O) groups excluding carboxylic acids is 3. The van der Waals surface area contributed by atoms with Gasteiger partial charge in [-0.2, -0.15) is 11.8 Å². The van der Waals surface area contributed by atoms with Crippen LogP contribution in [0.1, 0.15) is 32.8 Å². The van der Waals surface area contributed by atoms with Crippen LogP contribution in [-0.4, -0.2) is 81.3 Å². The van der Waals surface area contributed by atoms with Crippen molar-refractivity contribution in [2.75, 3.05) is 12.0 Å². The summed E-state index contributed by atoms with van der Waals surface area (Å²) < 4.78 is 0. The second-order valence-electron chi connectivity index (χ2n) is 8.61. The predicted octanol–water partition coefficient (Wildman–Crippen LogP) is -0.409. The normalized spacial score (nSPS) is 15.4. The molecule has 0 saturated carbocycles. The lowest BCUT2D eigenvalue weighted by Crippen LogP contribution is -2.59. The fourth-order valence-corrected chi connectivity index (χ4v) is 3.54. The number of hydrogen-bond donors (Lipinski definition) is 7. The molecule has 8 N–H and O–H groups in total. The molecule has 1 rings (SSSR count). The van der Waals surface area contributed by atoms with Crippen molar-refractivity contribution in [3.63, 3.8) is 0 Å². The number of hydrogen-bond acceptors (Lipinski definition) is 8. The van der Waals surface area contributed by atoms with E-state index in [4.69, 9.17) is 5.73 Å². The Kier molecular flexibility index (Phi) is 12.5. The van der Waals surface area contributed by atoms with Gasteiger partial charge in [-0.05, 0) is 49.0 Å². The molecule has 1 aromatic carbocycles. The summed E-state index contributed by atoms with van der Waals surface area (Å²) in [5, 5.41) is 35.9. The van der Waals surface area contributed by atoms with Gasteiger partial charge >= 0.3 is 5.97 Å². The van der Waals surface area contributed by atoms with Gasteiger partial charge in [-0.3, -0.25) is 14.4 Å². The number of thioether (sulfide) groups is 1. The number of rotatable bonds is 14. The minimum absolute atomic E-state index is 0.0421. The number of benzene rings is 1. The minimum atomic E-state index is -1.55. The fraction of sp³-hybridized carbons (Fsp3) is 0.565. The Balaban J connectivity index is 3.12. The molecule has 0 aliphatic heterocycles. The molecule has 5 atom stereocenters. The van der Waals surface area contributed by atoms with Gasteiger partial charge in [-0.1, -0.05) is 26.0 Å². The molecule has 0 bridgehead atoms. The lowest BCUT2D eigenvalue weighted by molar-refractivity contribution is -0.145. The van der Waals surface area contributed by atoms with Crippen molar-refractivity contribution in [1.82, 2.24) is 16.0 Å². The van der Waals surface area contributed by atoms with Gasteiger partial charge in [0.1, 0.15) is 17.8 Å². The maximum Gasteiger partial charge on any atom is 0.328 e. The SMILES string of the molecule is CSCCC(NC(=O)C(Cc1ccc(O)cc1)NC(=O)C(N)C(C)C)C(=O)NC(C(=O)O)C(C)O. The maximum atomic E-state index is 13.2. The van der Waals surface area contributed by atoms with E-state index in [9.17, 15) is 34.5 Å². The molecule has 5 unspecified atom stereocenters. The molecule has 3 amide bonds. The van der Waals surface area contributed by atoms with Gasteiger partial charge in [0, 0.05) is 6.42 Å². The number of amides is 3. The molecule has 12 heteroatoms. The van der Waals surface area contributed by atoms with Gasteiger partial charge in [-0.15, -0.1) is 0 Å². The van der Waals surface area contributed by atoms with Crippen molar-refractivity contribution in [3.05, 3.63) is 29.8 Å². The molecule has 11 nitrogen and oxygen atoms in total. The number of aliphatic hydroxyl groups is 1. The zero-order valence-corrected chi connectivity index (χ0v) is 21.2. The fourth-order valence-electron chi connectivity index (χ4n) is 3.07. The molecule has 0 aliphatic rings. The molecule has 0 aromatic heterocycles. The third-order valence-corrected chi connectivity index (χ3v) is 5.96. The molecule has 0 aliphatic carbocycles. The highest BCUT2D eigenvalue weighted by Crippen LogP contribution is 2.12. The highest BCUT2D eigenvalue weighted by atomic mass is 32.2. The smallest absolute Gasteiger partial charge is 0.328 e. The summed E-state index contributed by atoms with van der Waals surface area (Å²) in [7, 11) is 0. The Morgan fingerprint density at radius 2 is 1.49 bits per heavy atom. The maximum absolute atomic E-state index is 13.2. The second kappa shape index (κ2) is 14.5. The number of carboxylic acids is 1. The molecule has 196 valence electrons. The van der Waals surface area contributed by atoms with Crippen LogP contribution >= 0.6 is 11.8 Å². The number of phenols is 1. The van der Waals surface area contributed by atoms with E-state index in [1.165, 1.54) is 30.8 Å². The van der Waals surface area contributed by atoms with Crippen molar-refractivity contribution in [2.45, 2.75) is 63.9 Å². The number of aliphatic carboxylic acids is 1. The molecule has 1 aromatic rings.